The largest absolute Gasteiger partial charge is 0.380 e. The fraction of sp³-hybridized carbons (Fsp3) is 0.450. The van der Waals surface area contributed by atoms with Gasteiger partial charge in [-0.2, -0.15) is 0 Å². The summed E-state index contributed by atoms with van der Waals surface area (Å²) in [7, 11) is 1.69. The lowest BCUT2D eigenvalue weighted by molar-refractivity contribution is 0.184. The van der Waals surface area contributed by atoms with Crippen LogP contribution in [-0.4, -0.2) is 12.1 Å². The maximum Gasteiger partial charge on any atom is 0.124 e. The summed E-state index contributed by atoms with van der Waals surface area (Å²) < 4.78 is 19.1. The van der Waals surface area contributed by atoms with Gasteiger partial charge in [0, 0.05) is 40.9 Å². The van der Waals surface area contributed by atoms with Crippen molar-refractivity contribution in [3.8, 4) is 11.1 Å². The maximum atomic E-state index is 13.6. The molecule has 0 radical (unpaired) electrons. The minimum atomic E-state index is -0.326. The minimum Gasteiger partial charge on any atom is -0.380 e. The van der Waals surface area contributed by atoms with Crippen LogP contribution in [0.25, 0.3) is 11.1 Å². The Balaban J connectivity index is 2.31. The molecule has 1 aromatic heterocycles. The molecule has 0 spiro atoms. The van der Waals surface area contributed by atoms with E-state index in [4.69, 9.17) is 21.3 Å². The summed E-state index contributed by atoms with van der Waals surface area (Å²) in [4.78, 5) is 5.02. The molecule has 2 aromatic rings. The summed E-state index contributed by atoms with van der Waals surface area (Å²) in [6, 6.07) is 4.61. The Kier molecular flexibility index (Phi) is 6.13. The molecule has 2 nitrogen and oxygen atoms in total. The number of pyridine rings is 1. The van der Waals surface area contributed by atoms with E-state index in [1.807, 2.05) is 0 Å². The van der Waals surface area contributed by atoms with E-state index in [0.717, 1.165) is 46.5 Å². The van der Waals surface area contributed by atoms with E-state index in [0.29, 0.717) is 22.9 Å². The molecule has 1 heterocycles. The van der Waals surface area contributed by atoms with E-state index < -0.39 is 0 Å². The van der Waals surface area contributed by atoms with Crippen LogP contribution >= 0.6 is 27.5 Å². The van der Waals surface area contributed by atoms with Crippen LogP contribution in [0.15, 0.2) is 18.2 Å². The van der Waals surface area contributed by atoms with E-state index in [1.165, 1.54) is 25.0 Å². The predicted octanol–water partition coefficient (Wildman–Crippen LogP) is 6.41. The number of hydrogen-bond acceptors (Lipinski definition) is 2. The number of ether oxygens (including phenoxy) is 1. The second-order valence-electron chi connectivity index (χ2n) is 6.49. The zero-order chi connectivity index (χ0) is 18.0. The first-order chi connectivity index (χ1) is 12.1. The van der Waals surface area contributed by atoms with Gasteiger partial charge in [0.25, 0.3) is 0 Å². The van der Waals surface area contributed by atoms with Crippen molar-refractivity contribution in [2.45, 2.75) is 50.5 Å². The van der Waals surface area contributed by atoms with Crippen LogP contribution in [-0.2, 0) is 23.1 Å². The predicted molar refractivity (Wildman–Crippen MR) is 104 cm³/mol. The van der Waals surface area contributed by atoms with Crippen LogP contribution in [0.5, 0.6) is 0 Å². The van der Waals surface area contributed by atoms with Gasteiger partial charge in [-0.25, -0.2) is 4.39 Å². The van der Waals surface area contributed by atoms with Crippen LogP contribution in [0.1, 0.15) is 54.6 Å². The molecule has 0 N–H and O–H groups in total. The Morgan fingerprint density at radius 2 is 2.08 bits per heavy atom. The Labute approximate surface area is 161 Å². The fourth-order valence-electron chi connectivity index (χ4n) is 3.33. The summed E-state index contributed by atoms with van der Waals surface area (Å²) in [5.41, 5.74) is 6.37. The van der Waals surface area contributed by atoms with Crippen molar-refractivity contribution in [1.29, 1.82) is 0 Å². The molecule has 134 valence electrons. The fourth-order valence-corrected chi connectivity index (χ4v) is 4.15. The number of benzene rings is 1. The van der Waals surface area contributed by atoms with Crippen molar-refractivity contribution in [2.75, 3.05) is 7.11 Å². The molecule has 0 atom stereocenters. The SMILES string of the molecule is CCCc1nc(C2CC2)c(CBr)c(-c2ccc(F)cc2Cl)c1COC. The Hall–Kier alpha value is -0.970. The van der Waals surface area contributed by atoms with Gasteiger partial charge in [0.1, 0.15) is 5.82 Å². The number of halogens is 3. The molecule has 0 unspecified atom stereocenters. The van der Waals surface area contributed by atoms with Crippen molar-refractivity contribution in [1.82, 2.24) is 4.98 Å². The third kappa shape index (κ3) is 3.91. The number of aryl methyl sites for hydroxylation is 1. The van der Waals surface area contributed by atoms with Crippen LogP contribution < -0.4 is 0 Å². The van der Waals surface area contributed by atoms with Crippen LogP contribution in [0.3, 0.4) is 0 Å². The molecule has 5 heteroatoms. The van der Waals surface area contributed by atoms with E-state index in [2.05, 4.69) is 22.9 Å². The van der Waals surface area contributed by atoms with Crippen LogP contribution in [0.2, 0.25) is 5.02 Å². The normalized spacial score (nSPS) is 14.1. The highest BCUT2D eigenvalue weighted by Crippen LogP contribution is 2.46. The van der Waals surface area contributed by atoms with Crippen LogP contribution in [0.4, 0.5) is 4.39 Å². The lowest BCUT2D eigenvalue weighted by Crippen LogP contribution is -2.10. The monoisotopic (exact) mass is 425 g/mol. The molecule has 0 amide bonds. The number of hydrogen-bond donors (Lipinski definition) is 0. The third-order valence-electron chi connectivity index (χ3n) is 4.59. The first-order valence-corrected chi connectivity index (χ1v) is 10.1. The summed E-state index contributed by atoms with van der Waals surface area (Å²) in [5.74, 6) is 0.199. The molecular weight excluding hydrogens is 405 g/mol. The van der Waals surface area contributed by atoms with Gasteiger partial charge in [0.15, 0.2) is 0 Å². The van der Waals surface area contributed by atoms with Crippen molar-refractivity contribution in [2.24, 2.45) is 0 Å². The van der Waals surface area contributed by atoms with E-state index in [1.54, 1.807) is 13.2 Å². The summed E-state index contributed by atoms with van der Waals surface area (Å²) in [5, 5.41) is 1.12. The quantitative estimate of drug-likeness (QED) is 0.477. The number of alkyl halides is 1. The van der Waals surface area contributed by atoms with Gasteiger partial charge in [-0.3, -0.25) is 4.98 Å². The lowest BCUT2D eigenvalue weighted by Gasteiger charge is -2.21. The number of rotatable bonds is 7. The molecule has 1 fully saturated rings. The Bertz CT molecular complexity index is 777. The Morgan fingerprint density at radius 3 is 2.64 bits per heavy atom. The average molecular weight is 427 g/mol. The highest BCUT2D eigenvalue weighted by Gasteiger charge is 2.31. The summed E-state index contributed by atoms with van der Waals surface area (Å²) in [6.07, 6.45) is 4.27. The van der Waals surface area contributed by atoms with Crippen molar-refractivity contribution in [3.05, 3.63) is 51.6 Å². The second-order valence-corrected chi connectivity index (χ2v) is 7.46. The van der Waals surface area contributed by atoms with Crippen LogP contribution in [0, 0.1) is 5.82 Å². The zero-order valence-electron chi connectivity index (χ0n) is 14.5. The Morgan fingerprint density at radius 1 is 1.32 bits per heavy atom. The number of nitrogens with zero attached hydrogens (tertiary/aromatic N) is 1. The van der Waals surface area contributed by atoms with Gasteiger partial charge < -0.3 is 4.74 Å². The smallest absolute Gasteiger partial charge is 0.124 e. The minimum absolute atomic E-state index is 0.326. The first-order valence-electron chi connectivity index (χ1n) is 8.65. The van der Waals surface area contributed by atoms with Crippen molar-refractivity contribution >= 4 is 27.5 Å². The molecule has 1 aliphatic rings. The molecule has 1 saturated carbocycles. The van der Waals surface area contributed by atoms with E-state index in [-0.39, 0.29) is 5.82 Å². The maximum absolute atomic E-state index is 13.6. The van der Waals surface area contributed by atoms with Gasteiger partial charge in [-0.15, -0.1) is 0 Å². The second kappa shape index (κ2) is 8.15. The van der Waals surface area contributed by atoms with E-state index in [9.17, 15) is 4.39 Å². The molecule has 3 rings (SSSR count). The summed E-state index contributed by atoms with van der Waals surface area (Å²) in [6.45, 7) is 2.62. The third-order valence-corrected chi connectivity index (χ3v) is 5.46. The molecular formula is C20H22BrClFNO. The van der Waals surface area contributed by atoms with Gasteiger partial charge in [0.05, 0.1) is 11.6 Å². The van der Waals surface area contributed by atoms with Gasteiger partial charge in [0.2, 0.25) is 0 Å². The first kappa shape index (κ1) is 18.8. The zero-order valence-corrected chi connectivity index (χ0v) is 16.9. The average Bonchev–Trinajstić information content (AvgIpc) is 3.41. The molecule has 1 aliphatic carbocycles. The number of aromatic nitrogens is 1. The molecule has 25 heavy (non-hydrogen) atoms. The van der Waals surface area contributed by atoms with E-state index >= 15 is 0 Å². The standard InChI is InChI=1S/C20H22BrClFNO/c1-3-4-18-16(11-25-2)19(14-8-7-13(23)9-17(14)22)15(10-21)20(24-18)12-5-6-12/h7-9,12H,3-6,10-11H2,1-2H3. The number of methoxy groups -OCH3 is 1. The lowest BCUT2D eigenvalue weighted by atomic mass is 9.91. The molecule has 1 aromatic carbocycles. The molecule has 0 aliphatic heterocycles. The van der Waals surface area contributed by atoms with Crippen molar-refractivity contribution < 1.29 is 9.13 Å². The highest BCUT2D eigenvalue weighted by molar-refractivity contribution is 9.08. The summed E-state index contributed by atoms with van der Waals surface area (Å²) >= 11 is 10.1. The topological polar surface area (TPSA) is 22.1 Å². The van der Waals surface area contributed by atoms with Crippen molar-refractivity contribution in [3.63, 3.8) is 0 Å². The van der Waals surface area contributed by atoms with Gasteiger partial charge >= 0.3 is 0 Å². The van der Waals surface area contributed by atoms with Gasteiger partial charge in [-0.05, 0) is 48.6 Å². The highest BCUT2D eigenvalue weighted by atomic mass is 79.9. The molecule has 0 saturated heterocycles. The molecule has 0 bridgehead atoms. The van der Waals surface area contributed by atoms with Gasteiger partial charge in [-0.1, -0.05) is 40.9 Å².